The minimum absolute atomic E-state index is 0.518. The van der Waals surface area contributed by atoms with Gasteiger partial charge in [0.05, 0.1) is 11.6 Å². The predicted molar refractivity (Wildman–Crippen MR) is 71.3 cm³/mol. The normalized spacial score (nSPS) is 9.89. The monoisotopic (exact) mass is 232 g/mol. The Hall–Kier alpha value is -2.91. The van der Waals surface area contributed by atoms with E-state index in [1.54, 1.807) is 18.2 Å². The molecule has 2 aromatic rings. The van der Waals surface area contributed by atoms with E-state index in [9.17, 15) is 0 Å². The van der Waals surface area contributed by atoms with Crippen LogP contribution in [-0.2, 0) is 0 Å². The van der Waals surface area contributed by atoms with Crippen LogP contribution in [0.1, 0.15) is 16.7 Å². The van der Waals surface area contributed by atoms with Gasteiger partial charge in [-0.15, -0.1) is 0 Å². The van der Waals surface area contributed by atoms with Crippen molar-refractivity contribution in [1.29, 1.82) is 10.7 Å². The van der Waals surface area contributed by atoms with Crippen LogP contribution in [0.3, 0.4) is 0 Å². The van der Waals surface area contributed by atoms with Crippen molar-refractivity contribution in [2.24, 2.45) is 0 Å². The lowest BCUT2D eigenvalue weighted by Gasteiger charge is -1.96. The average molecular weight is 232 g/mol. The summed E-state index contributed by atoms with van der Waals surface area (Å²) in [7, 11) is 0. The van der Waals surface area contributed by atoms with E-state index in [1.807, 2.05) is 42.5 Å². The quantitative estimate of drug-likeness (QED) is 0.575. The van der Waals surface area contributed by atoms with Crippen LogP contribution in [0.15, 0.2) is 48.5 Å². The smallest absolute Gasteiger partial charge is 0.192 e. The Kier molecular flexibility index (Phi) is 3.49. The molecule has 0 aliphatic rings. The van der Waals surface area contributed by atoms with Crippen molar-refractivity contribution in [3.8, 4) is 6.07 Å². The molecule has 0 spiro atoms. The molecule has 2 rings (SSSR count). The highest BCUT2D eigenvalue weighted by molar-refractivity contribution is 5.73. The zero-order chi connectivity index (χ0) is 12.8. The predicted octanol–water partition coefficient (Wildman–Crippen LogP) is 4.21. The van der Waals surface area contributed by atoms with Gasteiger partial charge in [-0.1, -0.05) is 30.4 Å². The van der Waals surface area contributed by atoms with E-state index in [4.69, 9.17) is 10.7 Å². The Morgan fingerprint density at radius 3 is 2.33 bits per heavy atom. The first-order valence-electron chi connectivity index (χ1n) is 5.46. The van der Waals surface area contributed by atoms with Gasteiger partial charge in [0.1, 0.15) is 0 Å². The standard InChI is InChI=1S/C15H10N3/c16-11-14-4-2-1-3-13(14)8-5-12-6-9-15(18-17)10-7-12/h1-10H/q+1. The maximum absolute atomic E-state index is 8.96. The summed E-state index contributed by atoms with van der Waals surface area (Å²) in [6.07, 6.45) is 3.81. The Morgan fingerprint density at radius 1 is 0.944 bits per heavy atom. The summed E-state index contributed by atoms with van der Waals surface area (Å²) in [6.45, 7) is 0. The molecule has 0 N–H and O–H groups in total. The molecule has 0 heterocycles. The highest BCUT2D eigenvalue weighted by Gasteiger charge is 2.01. The topological polar surface area (TPSA) is 51.9 Å². The molecule has 0 fully saturated rings. The number of rotatable bonds is 2. The molecule has 0 aliphatic carbocycles. The SMILES string of the molecule is N#Cc1ccccc1C=Cc1ccc([N+]#N)cc1. The van der Waals surface area contributed by atoms with Gasteiger partial charge in [0.2, 0.25) is 5.39 Å². The minimum Gasteiger partial charge on any atom is -0.192 e. The molecular weight excluding hydrogens is 222 g/mol. The number of nitrogens with zero attached hydrogens (tertiary/aromatic N) is 3. The molecule has 84 valence electrons. The van der Waals surface area contributed by atoms with E-state index >= 15 is 0 Å². The van der Waals surface area contributed by atoms with Crippen LogP contribution in [-0.4, -0.2) is 0 Å². The molecule has 0 bridgehead atoms. The summed E-state index contributed by atoms with van der Waals surface area (Å²) < 4.78 is 0. The largest absolute Gasteiger partial charge is 0.385 e. The van der Waals surface area contributed by atoms with Crippen molar-refractivity contribution < 1.29 is 0 Å². The Balaban J connectivity index is 2.25. The summed E-state index contributed by atoms with van der Waals surface area (Å²) in [5.74, 6) is 0. The molecule has 3 nitrogen and oxygen atoms in total. The number of hydrogen-bond acceptors (Lipinski definition) is 2. The van der Waals surface area contributed by atoms with E-state index < -0.39 is 0 Å². The summed E-state index contributed by atoms with van der Waals surface area (Å²) in [4.78, 5) is 3.09. The summed E-state index contributed by atoms with van der Waals surface area (Å²) in [5, 5.41) is 17.5. The van der Waals surface area contributed by atoms with Crippen molar-refractivity contribution in [2.75, 3.05) is 0 Å². The molecular formula is C15H10N3+. The van der Waals surface area contributed by atoms with Crippen LogP contribution in [0.5, 0.6) is 0 Å². The van der Waals surface area contributed by atoms with Crippen LogP contribution >= 0.6 is 0 Å². The lowest BCUT2D eigenvalue weighted by atomic mass is 10.1. The lowest BCUT2D eigenvalue weighted by molar-refractivity contribution is 1.46. The highest BCUT2D eigenvalue weighted by Crippen LogP contribution is 2.16. The minimum atomic E-state index is 0.518. The van der Waals surface area contributed by atoms with Gasteiger partial charge in [-0.05, 0) is 29.3 Å². The van der Waals surface area contributed by atoms with Gasteiger partial charge in [0, 0.05) is 12.1 Å². The molecule has 0 saturated heterocycles. The summed E-state index contributed by atoms with van der Waals surface area (Å²) in [6, 6.07) is 16.7. The van der Waals surface area contributed by atoms with E-state index in [2.05, 4.69) is 11.0 Å². The number of diazo groups is 1. The maximum atomic E-state index is 8.96. The third kappa shape index (κ3) is 2.61. The molecule has 2 aromatic carbocycles. The van der Waals surface area contributed by atoms with E-state index in [0.717, 1.165) is 11.1 Å². The zero-order valence-electron chi connectivity index (χ0n) is 9.62. The molecule has 0 radical (unpaired) electrons. The lowest BCUT2D eigenvalue weighted by Crippen LogP contribution is -1.79. The summed E-state index contributed by atoms with van der Waals surface area (Å²) >= 11 is 0. The van der Waals surface area contributed by atoms with Gasteiger partial charge in [0.25, 0.3) is 0 Å². The van der Waals surface area contributed by atoms with E-state index in [0.29, 0.717) is 11.3 Å². The molecule has 0 atom stereocenters. The van der Waals surface area contributed by atoms with Crippen molar-refractivity contribution in [3.05, 3.63) is 70.2 Å². The maximum Gasteiger partial charge on any atom is 0.385 e. The molecule has 0 aromatic heterocycles. The van der Waals surface area contributed by atoms with Crippen molar-refractivity contribution in [1.82, 2.24) is 0 Å². The third-order valence-corrected chi connectivity index (χ3v) is 2.55. The summed E-state index contributed by atoms with van der Waals surface area (Å²) in [5.41, 5.74) is 3.03. The van der Waals surface area contributed by atoms with Crippen LogP contribution in [0.25, 0.3) is 17.1 Å². The number of hydrogen-bond donors (Lipinski definition) is 0. The van der Waals surface area contributed by atoms with Crippen LogP contribution < -0.4 is 0 Å². The van der Waals surface area contributed by atoms with Crippen LogP contribution in [0, 0.1) is 16.7 Å². The van der Waals surface area contributed by atoms with Gasteiger partial charge < -0.3 is 0 Å². The molecule has 0 amide bonds. The first-order chi connectivity index (χ1) is 8.83. The van der Waals surface area contributed by atoms with Gasteiger partial charge in [-0.25, -0.2) is 0 Å². The Labute approximate surface area is 105 Å². The fraction of sp³-hybridized carbons (Fsp3) is 0. The molecule has 18 heavy (non-hydrogen) atoms. The Morgan fingerprint density at radius 2 is 1.67 bits per heavy atom. The second-order valence-corrected chi connectivity index (χ2v) is 3.72. The van der Waals surface area contributed by atoms with Gasteiger partial charge in [0.15, 0.2) is 4.98 Å². The first-order valence-corrected chi connectivity index (χ1v) is 5.46. The second-order valence-electron chi connectivity index (χ2n) is 3.72. The first kappa shape index (κ1) is 11.6. The second kappa shape index (κ2) is 5.43. The van der Waals surface area contributed by atoms with Crippen molar-refractivity contribution in [3.63, 3.8) is 0 Å². The van der Waals surface area contributed by atoms with E-state index in [1.165, 1.54) is 0 Å². The fourth-order valence-electron chi connectivity index (χ4n) is 1.58. The van der Waals surface area contributed by atoms with Crippen LogP contribution in [0.2, 0.25) is 0 Å². The average Bonchev–Trinajstić information content (AvgIpc) is 2.46. The van der Waals surface area contributed by atoms with Crippen LogP contribution in [0.4, 0.5) is 5.69 Å². The zero-order valence-corrected chi connectivity index (χ0v) is 9.62. The van der Waals surface area contributed by atoms with Gasteiger partial charge >= 0.3 is 5.69 Å². The highest BCUT2D eigenvalue weighted by atomic mass is 14.8. The number of nitriles is 1. The van der Waals surface area contributed by atoms with Crippen molar-refractivity contribution >= 4 is 17.8 Å². The fourth-order valence-corrected chi connectivity index (χ4v) is 1.58. The Bertz CT molecular complexity index is 655. The van der Waals surface area contributed by atoms with Crippen molar-refractivity contribution in [2.45, 2.75) is 0 Å². The number of benzene rings is 2. The third-order valence-electron chi connectivity index (χ3n) is 2.55. The molecule has 0 aliphatic heterocycles. The molecule has 0 unspecified atom stereocenters. The van der Waals surface area contributed by atoms with Gasteiger partial charge in [-0.2, -0.15) is 5.26 Å². The molecule has 0 saturated carbocycles. The van der Waals surface area contributed by atoms with Gasteiger partial charge in [-0.3, -0.25) is 0 Å². The molecule has 3 heteroatoms. The van der Waals surface area contributed by atoms with E-state index in [-0.39, 0.29) is 0 Å².